The molecule has 154 valence electrons. The van der Waals surface area contributed by atoms with E-state index in [1.54, 1.807) is 0 Å². The number of imidazole rings is 1. The first-order valence-electron chi connectivity index (χ1n) is 10.6. The van der Waals surface area contributed by atoms with E-state index in [0.29, 0.717) is 24.6 Å². The number of hydrogen-bond acceptors (Lipinski definition) is 4. The van der Waals surface area contributed by atoms with Gasteiger partial charge in [0.05, 0.1) is 5.69 Å². The lowest BCUT2D eigenvalue weighted by Gasteiger charge is -2.33. The summed E-state index contributed by atoms with van der Waals surface area (Å²) in [5.74, 6) is 0.0529. The predicted molar refractivity (Wildman–Crippen MR) is 112 cm³/mol. The Morgan fingerprint density at radius 2 is 1.83 bits per heavy atom. The second-order valence-electron chi connectivity index (χ2n) is 7.83. The molecule has 29 heavy (non-hydrogen) atoms. The smallest absolute Gasteiger partial charge is 0.291 e. The van der Waals surface area contributed by atoms with Crippen LogP contribution in [0.4, 0.5) is 5.69 Å². The van der Waals surface area contributed by atoms with Gasteiger partial charge >= 0.3 is 0 Å². The average molecular weight is 396 g/mol. The molecule has 2 aliphatic rings. The Kier molecular flexibility index (Phi) is 5.67. The quantitative estimate of drug-likeness (QED) is 0.864. The third-order valence-corrected chi connectivity index (χ3v) is 6.02. The molecule has 1 aromatic heterocycles. The standard InChI is InChI=1S/C22H29N5O2/c1-3-25-12-14-26(15-13-25)22(29)19-18-10-6-7-11-27(18)20(24-19)21(28)23-17-9-5-4-8-16(17)2/h4-5,8-9H,3,6-7,10-15H2,1-2H3,(H,23,28). The number of carbonyl (C=O) groups is 2. The van der Waals surface area contributed by atoms with Crippen LogP contribution in [0.25, 0.3) is 0 Å². The summed E-state index contributed by atoms with van der Waals surface area (Å²) in [6, 6.07) is 7.68. The molecule has 0 aliphatic carbocycles. The summed E-state index contributed by atoms with van der Waals surface area (Å²) in [7, 11) is 0. The van der Waals surface area contributed by atoms with Crippen LogP contribution in [0.3, 0.4) is 0 Å². The van der Waals surface area contributed by atoms with Gasteiger partial charge < -0.3 is 19.7 Å². The first kappa shape index (κ1) is 19.6. The predicted octanol–water partition coefficient (Wildman–Crippen LogP) is 2.56. The maximum Gasteiger partial charge on any atom is 0.291 e. The molecule has 1 saturated heterocycles. The fraction of sp³-hybridized carbons (Fsp3) is 0.500. The van der Waals surface area contributed by atoms with Gasteiger partial charge in [-0.1, -0.05) is 25.1 Å². The number of carbonyl (C=O) groups excluding carboxylic acids is 2. The van der Waals surface area contributed by atoms with Gasteiger partial charge in [0.15, 0.2) is 5.82 Å². The summed E-state index contributed by atoms with van der Waals surface area (Å²) in [4.78, 5) is 35.0. The molecule has 0 spiro atoms. The summed E-state index contributed by atoms with van der Waals surface area (Å²) in [6.45, 7) is 9.04. The number of hydrogen-bond donors (Lipinski definition) is 1. The van der Waals surface area contributed by atoms with Crippen LogP contribution in [-0.4, -0.2) is 63.9 Å². The van der Waals surface area contributed by atoms with Crippen LogP contribution in [0.15, 0.2) is 24.3 Å². The Labute approximate surface area is 171 Å². The average Bonchev–Trinajstić information content (AvgIpc) is 3.15. The minimum absolute atomic E-state index is 0.0404. The minimum Gasteiger partial charge on any atom is -0.335 e. The van der Waals surface area contributed by atoms with Crippen LogP contribution < -0.4 is 5.32 Å². The van der Waals surface area contributed by atoms with E-state index < -0.39 is 0 Å². The van der Waals surface area contributed by atoms with Crippen LogP contribution >= 0.6 is 0 Å². The van der Waals surface area contributed by atoms with Crippen LogP contribution in [0.2, 0.25) is 0 Å². The highest BCUT2D eigenvalue weighted by atomic mass is 16.2. The fourth-order valence-electron chi connectivity index (χ4n) is 4.20. The van der Waals surface area contributed by atoms with Crippen molar-refractivity contribution in [2.45, 2.75) is 39.7 Å². The summed E-state index contributed by atoms with van der Waals surface area (Å²) >= 11 is 0. The lowest BCUT2D eigenvalue weighted by molar-refractivity contribution is 0.0636. The monoisotopic (exact) mass is 395 g/mol. The van der Waals surface area contributed by atoms with Gasteiger partial charge in [0.2, 0.25) is 0 Å². The number of aryl methyl sites for hydroxylation is 1. The molecule has 4 rings (SSSR count). The fourth-order valence-corrected chi connectivity index (χ4v) is 4.20. The molecule has 1 N–H and O–H groups in total. The molecule has 0 bridgehead atoms. The van der Waals surface area contributed by atoms with Gasteiger partial charge in [-0.2, -0.15) is 0 Å². The second-order valence-corrected chi connectivity index (χ2v) is 7.83. The molecule has 7 heteroatoms. The highest BCUT2D eigenvalue weighted by molar-refractivity contribution is 6.04. The molecule has 2 amide bonds. The van der Waals surface area contributed by atoms with Crippen LogP contribution in [-0.2, 0) is 13.0 Å². The van der Waals surface area contributed by atoms with Crippen molar-refractivity contribution in [3.63, 3.8) is 0 Å². The van der Waals surface area contributed by atoms with Gasteiger partial charge in [0, 0.05) is 38.4 Å². The van der Waals surface area contributed by atoms with E-state index in [1.165, 1.54) is 0 Å². The number of amides is 2. The third-order valence-electron chi connectivity index (χ3n) is 6.02. The Morgan fingerprint density at radius 1 is 1.07 bits per heavy atom. The van der Waals surface area contributed by atoms with Crippen molar-refractivity contribution in [2.75, 3.05) is 38.0 Å². The number of para-hydroxylation sites is 1. The topological polar surface area (TPSA) is 70.5 Å². The highest BCUT2D eigenvalue weighted by Gasteiger charge is 2.31. The molecular formula is C22H29N5O2. The van der Waals surface area contributed by atoms with E-state index >= 15 is 0 Å². The van der Waals surface area contributed by atoms with Crippen molar-refractivity contribution in [3.8, 4) is 0 Å². The van der Waals surface area contributed by atoms with E-state index in [0.717, 1.165) is 62.4 Å². The molecule has 2 aromatic rings. The molecule has 7 nitrogen and oxygen atoms in total. The van der Waals surface area contributed by atoms with Crippen LogP contribution in [0.1, 0.15) is 52.1 Å². The van der Waals surface area contributed by atoms with Crippen LogP contribution in [0, 0.1) is 6.92 Å². The van der Waals surface area contributed by atoms with Gasteiger partial charge in [0.1, 0.15) is 5.69 Å². The van der Waals surface area contributed by atoms with Gasteiger partial charge in [-0.15, -0.1) is 0 Å². The molecule has 0 unspecified atom stereocenters. The summed E-state index contributed by atoms with van der Waals surface area (Å²) in [5, 5.41) is 2.97. The van der Waals surface area contributed by atoms with Crippen LogP contribution in [0.5, 0.6) is 0 Å². The zero-order valence-electron chi connectivity index (χ0n) is 17.3. The van der Waals surface area contributed by atoms with Gasteiger partial charge in [-0.25, -0.2) is 4.98 Å². The molecule has 0 atom stereocenters. The van der Waals surface area contributed by atoms with Gasteiger partial charge in [-0.3, -0.25) is 9.59 Å². The van der Waals surface area contributed by atoms with E-state index in [9.17, 15) is 9.59 Å². The van der Waals surface area contributed by atoms with Crippen molar-refractivity contribution >= 4 is 17.5 Å². The molecule has 2 aliphatic heterocycles. The van der Waals surface area contributed by atoms with E-state index in [1.807, 2.05) is 40.7 Å². The third kappa shape index (κ3) is 3.92. The van der Waals surface area contributed by atoms with Gasteiger partial charge in [-0.05, 0) is 44.4 Å². The SMILES string of the molecule is CCN1CCN(C(=O)c2nc(C(=O)Nc3ccccc3C)n3c2CCCC3)CC1. The highest BCUT2D eigenvalue weighted by Crippen LogP contribution is 2.24. The zero-order chi connectivity index (χ0) is 20.4. The number of nitrogens with one attached hydrogen (secondary N) is 1. The molecule has 0 radical (unpaired) electrons. The molecule has 1 fully saturated rings. The van der Waals surface area contributed by atoms with Crippen molar-refractivity contribution in [1.82, 2.24) is 19.4 Å². The normalized spacial score (nSPS) is 17.1. The minimum atomic E-state index is -0.252. The Bertz CT molecular complexity index is 912. The number of rotatable bonds is 4. The number of likely N-dealkylation sites (N-methyl/N-ethyl adjacent to an activating group) is 1. The Hall–Kier alpha value is -2.67. The van der Waals surface area contributed by atoms with E-state index in [-0.39, 0.29) is 11.8 Å². The number of piperazine rings is 1. The molecular weight excluding hydrogens is 366 g/mol. The Morgan fingerprint density at radius 3 is 2.55 bits per heavy atom. The first-order valence-corrected chi connectivity index (χ1v) is 10.6. The Balaban J connectivity index is 1.60. The molecule has 1 aromatic carbocycles. The van der Waals surface area contributed by atoms with Gasteiger partial charge in [0.25, 0.3) is 11.8 Å². The zero-order valence-corrected chi connectivity index (χ0v) is 17.3. The summed E-state index contributed by atoms with van der Waals surface area (Å²) < 4.78 is 1.95. The molecule has 0 saturated carbocycles. The number of anilines is 1. The lowest BCUT2D eigenvalue weighted by atomic mass is 10.1. The number of benzene rings is 1. The first-order chi connectivity index (χ1) is 14.1. The summed E-state index contributed by atoms with van der Waals surface area (Å²) in [5.41, 5.74) is 3.14. The van der Waals surface area contributed by atoms with E-state index in [2.05, 4.69) is 22.1 Å². The number of fused-ring (bicyclic) bond motifs is 1. The molecule has 3 heterocycles. The lowest BCUT2D eigenvalue weighted by Crippen LogP contribution is -2.48. The van der Waals surface area contributed by atoms with E-state index in [4.69, 9.17) is 0 Å². The van der Waals surface area contributed by atoms with Crippen molar-refractivity contribution < 1.29 is 9.59 Å². The van der Waals surface area contributed by atoms with Crippen molar-refractivity contribution in [1.29, 1.82) is 0 Å². The van der Waals surface area contributed by atoms with Crippen molar-refractivity contribution in [3.05, 3.63) is 47.0 Å². The largest absolute Gasteiger partial charge is 0.335 e. The number of nitrogens with zero attached hydrogens (tertiary/aromatic N) is 4. The summed E-state index contributed by atoms with van der Waals surface area (Å²) in [6.07, 6.45) is 2.81. The number of aromatic nitrogens is 2. The van der Waals surface area contributed by atoms with Crippen molar-refractivity contribution in [2.24, 2.45) is 0 Å². The maximum absolute atomic E-state index is 13.2. The maximum atomic E-state index is 13.2. The second kappa shape index (κ2) is 8.37.